The fourth-order valence-electron chi connectivity index (χ4n) is 1.28. The highest BCUT2D eigenvalue weighted by atomic mass is 35.5. The van der Waals surface area contributed by atoms with Crippen LogP contribution in [-0.4, -0.2) is 29.9 Å². The molecule has 112 valence electrons. The molecule has 0 aromatic heterocycles. The minimum Gasteiger partial charge on any atom is -0.433 e. The number of carbonyl (C=O) groups excluding carboxylic acids is 1. The van der Waals surface area contributed by atoms with Crippen molar-refractivity contribution in [2.75, 3.05) is 11.9 Å². The van der Waals surface area contributed by atoms with Crippen LogP contribution in [0, 0.1) is 0 Å². The summed E-state index contributed by atoms with van der Waals surface area (Å²) in [6.07, 6.45) is 0. The van der Waals surface area contributed by atoms with Crippen molar-refractivity contribution in [1.29, 1.82) is 0 Å². The van der Waals surface area contributed by atoms with Gasteiger partial charge in [-0.2, -0.15) is 8.78 Å². The maximum atomic E-state index is 12.2. The van der Waals surface area contributed by atoms with E-state index in [1.54, 1.807) is 13.8 Å². The molecule has 0 unspecified atom stereocenters. The Bertz CT molecular complexity index is 484. The maximum Gasteiger partial charge on any atom is 0.387 e. The van der Waals surface area contributed by atoms with Gasteiger partial charge in [-0.05, 0) is 26.0 Å². The summed E-state index contributed by atoms with van der Waals surface area (Å²) in [5.41, 5.74) is -0.574. The molecule has 1 aromatic rings. The first-order chi connectivity index (χ1) is 9.23. The Labute approximate surface area is 119 Å². The van der Waals surface area contributed by atoms with E-state index in [4.69, 9.17) is 16.7 Å². The number of urea groups is 1. The van der Waals surface area contributed by atoms with Crippen LogP contribution in [0.15, 0.2) is 18.2 Å². The van der Waals surface area contributed by atoms with Gasteiger partial charge < -0.3 is 20.5 Å². The molecule has 1 rings (SSSR count). The number of nitrogens with one attached hydrogen (secondary N) is 2. The molecular formula is C12H15ClF2N2O3. The standard InChI is InChI=1S/C12H15ClF2N2O3/c1-12(2,6-18)17-11(19)16-7-3-4-8(13)9(5-7)20-10(14)15/h3-5,10,18H,6H2,1-2H3,(H2,16,17,19). The number of alkyl halides is 2. The van der Waals surface area contributed by atoms with Gasteiger partial charge in [-0.1, -0.05) is 11.6 Å². The van der Waals surface area contributed by atoms with Crippen LogP contribution in [0.4, 0.5) is 19.3 Å². The van der Waals surface area contributed by atoms with Crippen molar-refractivity contribution in [2.45, 2.75) is 26.0 Å². The van der Waals surface area contributed by atoms with E-state index in [2.05, 4.69) is 15.4 Å². The molecule has 20 heavy (non-hydrogen) atoms. The lowest BCUT2D eigenvalue weighted by Crippen LogP contribution is -2.48. The molecule has 0 aliphatic rings. The highest BCUT2D eigenvalue weighted by molar-refractivity contribution is 6.32. The monoisotopic (exact) mass is 308 g/mol. The first kappa shape index (κ1) is 16.5. The third-order valence-corrected chi connectivity index (χ3v) is 2.56. The summed E-state index contributed by atoms with van der Waals surface area (Å²) >= 11 is 5.69. The van der Waals surface area contributed by atoms with Crippen molar-refractivity contribution in [3.63, 3.8) is 0 Å². The lowest BCUT2D eigenvalue weighted by atomic mass is 10.1. The molecule has 0 aliphatic carbocycles. The molecule has 0 saturated heterocycles. The first-order valence-corrected chi connectivity index (χ1v) is 6.06. The van der Waals surface area contributed by atoms with E-state index < -0.39 is 18.2 Å². The summed E-state index contributed by atoms with van der Waals surface area (Å²) in [6, 6.07) is 3.35. The second-order valence-corrected chi connectivity index (χ2v) is 5.05. The number of halogens is 3. The SMILES string of the molecule is CC(C)(CO)NC(=O)Nc1ccc(Cl)c(OC(F)F)c1. The van der Waals surface area contributed by atoms with Crippen LogP contribution in [0.25, 0.3) is 0 Å². The molecular weight excluding hydrogens is 294 g/mol. The summed E-state index contributed by atoms with van der Waals surface area (Å²) in [5, 5.41) is 14.0. The Morgan fingerprint density at radius 3 is 2.70 bits per heavy atom. The average molecular weight is 309 g/mol. The predicted octanol–water partition coefficient (Wildman–Crippen LogP) is 2.83. The second-order valence-electron chi connectivity index (χ2n) is 4.64. The number of ether oxygens (including phenoxy) is 1. The molecule has 0 saturated carbocycles. The summed E-state index contributed by atoms with van der Waals surface area (Å²) < 4.78 is 28.5. The van der Waals surface area contributed by atoms with E-state index in [0.717, 1.165) is 0 Å². The van der Waals surface area contributed by atoms with Gasteiger partial charge in [0.2, 0.25) is 0 Å². The molecule has 1 aromatic carbocycles. The highest BCUT2D eigenvalue weighted by Crippen LogP contribution is 2.29. The maximum absolute atomic E-state index is 12.2. The van der Waals surface area contributed by atoms with Crippen molar-refractivity contribution in [3.05, 3.63) is 23.2 Å². The lowest BCUT2D eigenvalue weighted by molar-refractivity contribution is -0.0497. The molecule has 0 spiro atoms. The first-order valence-electron chi connectivity index (χ1n) is 5.68. The van der Waals surface area contributed by atoms with Crippen LogP contribution < -0.4 is 15.4 Å². The van der Waals surface area contributed by atoms with Gasteiger partial charge in [0.25, 0.3) is 0 Å². The molecule has 0 atom stereocenters. The van der Waals surface area contributed by atoms with Gasteiger partial charge in [0.1, 0.15) is 5.75 Å². The van der Waals surface area contributed by atoms with Crippen LogP contribution >= 0.6 is 11.6 Å². The van der Waals surface area contributed by atoms with E-state index in [-0.39, 0.29) is 23.1 Å². The highest BCUT2D eigenvalue weighted by Gasteiger charge is 2.19. The third-order valence-electron chi connectivity index (χ3n) is 2.25. The molecule has 2 amide bonds. The Kier molecular flexibility index (Phi) is 5.52. The molecule has 3 N–H and O–H groups in total. The molecule has 0 heterocycles. The molecule has 0 radical (unpaired) electrons. The molecule has 5 nitrogen and oxygen atoms in total. The van der Waals surface area contributed by atoms with Gasteiger partial charge in [-0.25, -0.2) is 4.79 Å². The molecule has 0 fully saturated rings. The van der Waals surface area contributed by atoms with Crippen LogP contribution in [0.3, 0.4) is 0 Å². The van der Waals surface area contributed by atoms with E-state index in [0.29, 0.717) is 0 Å². The minimum absolute atomic E-state index is 0.00643. The number of rotatable bonds is 5. The largest absolute Gasteiger partial charge is 0.433 e. The number of benzene rings is 1. The zero-order chi connectivity index (χ0) is 15.3. The summed E-state index contributed by atoms with van der Waals surface area (Å²) in [7, 11) is 0. The quantitative estimate of drug-likeness (QED) is 0.783. The fraction of sp³-hybridized carbons (Fsp3) is 0.417. The van der Waals surface area contributed by atoms with Crippen molar-refractivity contribution < 1.29 is 23.4 Å². The number of anilines is 1. The van der Waals surface area contributed by atoms with E-state index in [1.807, 2.05) is 0 Å². The van der Waals surface area contributed by atoms with Crippen molar-refractivity contribution in [2.24, 2.45) is 0 Å². The van der Waals surface area contributed by atoms with Gasteiger partial charge in [0.05, 0.1) is 17.2 Å². The van der Waals surface area contributed by atoms with Gasteiger partial charge >= 0.3 is 12.6 Å². The fourth-order valence-corrected chi connectivity index (χ4v) is 1.44. The zero-order valence-electron chi connectivity index (χ0n) is 10.9. The normalized spacial score (nSPS) is 11.3. The van der Waals surface area contributed by atoms with Crippen molar-refractivity contribution in [1.82, 2.24) is 5.32 Å². The average Bonchev–Trinajstić information content (AvgIpc) is 2.32. The van der Waals surface area contributed by atoms with Crippen LogP contribution in [-0.2, 0) is 0 Å². The van der Waals surface area contributed by atoms with Gasteiger partial charge in [-0.3, -0.25) is 0 Å². The van der Waals surface area contributed by atoms with Gasteiger partial charge in [-0.15, -0.1) is 0 Å². The topological polar surface area (TPSA) is 70.6 Å². The Morgan fingerprint density at radius 1 is 1.50 bits per heavy atom. The van der Waals surface area contributed by atoms with Crippen molar-refractivity contribution >= 4 is 23.3 Å². The lowest BCUT2D eigenvalue weighted by Gasteiger charge is -2.23. The second kappa shape index (κ2) is 6.71. The number of hydrogen-bond donors (Lipinski definition) is 3. The van der Waals surface area contributed by atoms with Crippen molar-refractivity contribution in [3.8, 4) is 5.75 Å². The van der Waals surface area contributed by atoms with E-state index in [9.17, 15) is 13.6 Å². The summed E-state index contributed by atoms with van der Waals surface area (Å²) in [6.45, 7) is -0.00902. The smallest absolute Gasteiger partial charge is 0.387 e. The van der Waals surface area contributed by atoms with E-state index >= 15 is 0 Å². The third kappa shape index (κ3) is 5.18. The Balaban J connectivity index is 2.75. The van der Waals surface area contributed by atoms with Crippen LogP contribution in [0.2, 0.25) is 5.02 Å². The number of hydrogen-bond acceptors (Lipinski definition) is 3. The van der Waals surface area contributed by atoms with Gasteiger partial charge in [0, 0.05) is 11.8 Å². The molecule has 0 aliphatic heterocycles. The summed E-state index contributed by atoms with van der Waals surface area (Å²) in [5.74, 6) is -0.235. The molecule has 0 bridgehead atoms. The Hall–Kier alpha value is -1.60. The zero-order valence-corrected chi connectivity index (χ0v) is 11.7. The number of carbonyl (C=O) groups is 1. The predicted molar refractivity (Wildman–Crippen MR) is 71.4 cm³/mol. The molecule has 8 heteroatoms. The van der Waals surface area contributed by atoms with Crippen LogP contribution in [0.5, 0.6) is 5.75 Å². The minimum atomic E-state index is -3.01. The Morgan fingerprint density at radius 2 is 2.15 bits per heavy atom. The van der Waals surface area contributed by atoms with Gasteiger partial charge in [0.15, 0.2) is 0 Å². The van der Waals surface area contributed by atoms with E-state index in [1.165, 1.54) is 18.2 Å². The summed E-state index contributed by atoms with van der Waals surface area (Å²) in [4.78, 5) is 11.7. The number of aliphatic hydroxyl groups excluding tert-OH is 1. The number of aliphatic hydroxyl groups is 1. The van der Waals surface area contributed by atoms with Crippen LogP contribution in [0.1, 0.15) is 13.8 Å². The number of amides is 2.